The van der Waals surface area contributed by atoms with Crippen molar-refractivity contribution in [2.75, 3.05) is 25.0 Å². The smallest absolute Gasteiger partial charge is 0.251 e. The summed E-state index contributed by atoms with van der Waals surface area (Å²) in [6.07, 6.45) is 1.69. The molecule has 0 radical (unpaired) electrons. The molecule has 0 aliphatic carbocycles. The van der Waals surface area contributed by atoms with E-state index in [2.05, 4.69) is 10.6 Å². The summed E-state index contributed by atoms with van der Waals surface area (Å²) < 4.78 is 33.1. The standard InChI is InChI=1S/C23H29N3O5S/c1-3-31-20-12-11-19(16-21(20)32(29,30)26-13-7-8-14-26)25-22(27)15-17(2)24-23(28)18-9-5-4-6-10-18/h4-6,9-12,16-17H,3,7-8,13-15H2,1-2H3,(H,24,28)(H,25,27). The van der Waals surface area contributed by atoms with E-state index in [1.54, 1.807) is 50.2 Å². The molecule has 1 aliphatic heterocycles. The summed E-state index contributed by atoms with van der Waals surface area (Å²) in [4.78, 5) is 24.8. The highest BCUT2D eigenvalue weighted by Gasteiger charge is 2.30. The van der Waals surface area contributed by atoms with Gasteiger partial charge in [-0.25, -0.2) is 8.42 Å². The monoisotopic (exact) mass is 459 g/mol. The number of rotatable bonds is 9. The largest absolute Gasteiger partial charge is 0.492 e. The molecule has 1 atom stereocenters. The third-order valence-electron chi connectivity index (χ3n) is 5.12. The van der Waals surface area contributed by atoms with Gasteiger partial charge in [0.2, 0.25) is 15.9 Å². The second-order valence-corrected chi connectivity index (χ2v) is 9.60. The van der Waals surface area contributed by atoms with E-state index in [9.17, 15) is 18.0 Å². The number of sulfonamides is 1. The Morgan fingerprint density at radius 1 is 1.09 bits per heavy atom. The first-order chi connectivity index (χ1) is 15.3. The van der Waals surface area contributed by atoms with E-state index >= 15 is 0 Å². The fraction of sp³-hybridized carbons (Fsp3) is 0.391. The van der Waals surface area contributed by atoms with Crippen LogP contribution in [0.4, 0.5) is 5.69 Å². The van der Waals surface area contributed by atoms with Gasteiger partial charge in [0.1, 0.15) is 10.6 Å². The van der Waals surface area contributed by atoms with E-state index in [1.807, 2.05) is 6.07 Å². The second kappa shape index (κ2) is 10.6. The minimum Gasteiger partial charge on any atom is -0.492 e. The lowest BCUT2D eigenvalue weighted by Crippen LogP contribution is -2.35. The van der Waals surface area contributed by atoms with Crippen LogP contribution in [0.3, 0.4) is 0 Å². The predicted octanol–water partition coefficient (Wildman–Crippen LogP) is 3.02. The third-order valence-corrected chi connectivity index (χ3v) is 7.04. The van der Waals surface area contributed by atoms with Crippen LogP contribution in [0.25, 0.3) is 0 Å². The zero-order chi connectivity index (χ0) is 23.1. The Labute approximate surface area is 189 Å². The Hall–Kier alpha value is -2.91. The Morgan fingerprint density at radius 2 is 1.78 bits per heavy atom. The summed E-state index contributed by atoms with van der Waals surface area (Å²) in [6, 6.07) is 13.0. The molecule has 2 aromatic rings. The number of nitrogens with one attached hydrogen (secondary N) is 2. The molecule has 8 nitrogen and oxygen atoms in total. The highest BCUT2D eigenvalue weighted by molar-refractivity contribution is 7.89. The van der Waals surface area contributed by atoms with E-state index in [4.69, 9.17) is 4.74 Å². The molecule has 1 saturated heterocycles. The second-order valence-electron chi connectivity index (χ2n) is 7.70. The number of anilines is 1. The maximum absolute atomic E-state index is 13.1. The van der Waals surface area contributed by atoms with Gasteiger partial charge in [0.15, 0.2) is 0 Å². The highest BCUT2D eigenvalue weighted by atomic mass is 32.2. The first kappa shape index (κ1) is 23.7. The molecule has 0 aromatic heterocycles. The molecule has 0 bridgehead atoms. The van der Waals surface area contributed by atoms with Gasteiger partial charge in [0, 0.05) is 36.8 Å². The minimum atomic E-state index is -3.72. The van der Waals surface area contributed by atoms with Gasteiger partial charge in [-0.05, 0) is 57.0 Å². The maximum atomic E-state index is 13.1. The summed E-state index contributed by atoms with van der Waals surface area (Å²) in [6.45, 7) is 4.80. The molecular formula is C23H29N3O5S. The quantitative estimate of drug-likeness (QED) is 0.600. The van der Waals surface area contributed by atoms with Crippen LogP contribution in [0.1, 0.15) is 43.5 Å². The van der Waals surface area contributed by atoms with Crippen molar-refractivity contribution in [1.29, 1.82) is 0 Å². The lowest BCUT2D eigenvalue weighted by molar-refractivity contribution is -0.116. The van der Waals surface area contributed by atoms with Crippen molar-refractivity contribution < 1.29 is 22.7 Å². The van der Waals surface area contributed by atoms with E-state index in [0.717, 1.165) is 12.8 Å². The number of benzene rings is 2. The lowest BCUT2D eigenvalue weighted by Gasteiger charge is -2.19. The van der Waals surface area contributed by atoms with Gasteiger partial charge in [0.25, 0.3) is 5.91 Å². The predicted molar refractivity (Wildman–Crippen MR) is 122 cm³/mol. The van der Waals surface area contributed by atoms with Crippen molar-refractivity contribution in [2.24, 2.45) is 0 Å². The summed E-state index contributed by atoms with van der Waals surface area (Å²) in [5, 5.41) is 5.52. The fourth-order valence-electron chi connectivity index (χ4n) is 3.57. The normalized spacial score (nSPS) is 15.2. The van der Waals surface area contributed by atoms with Gasteiger partial charge < -0.3 is 15.4 Å². The molecule has 1 aliphatic rings. The van der Waals surface area contributed by atoms with Gasteiger partial charge in [-0.2, -0.15) is 4.31 Å². The molecule has 2 N–H and O–H groups in total. The number of nitrogens with zero attached hydrogens (tertiary/aromatic N) is 1. The van der Waals surface area contributed by atoms with Crippen LogP contribution in [-0.2, 0) is 14.8 Å². The van der Waals surface area contributed by atoms with Crippen LogP contribution in [-0.4, -0.2) is 50.3 Å². The van der Waals surface area contributed by atoms with Crippen molar-refractivity contribution in [3.05, 3.63) is 54.1 Å². The van der Waals surface area contributed by atoms with Gasteiger partial charge in [-0.15, -0.1) is 0 Å². The molecule has 2 amide bonds. The third kappa shape index (κ3) is 5.86. The zero-order valence-corrected chi connectivity index (χ0v) is 19.2. The van der Waals surface area contributed by atoms with Gasteiger partial charge >= 0.3 is 0 Å². The average Bonchev–Trinajstić information content (AvgIpc) is 3.31. The molecule has 0 spiro atoms. The number of carbonyl (C=O) groups excluding carboxylic acids is 2. The summed E-state index contributed by atoms with van der Waals surface area (Å²) in [7, 11) is -3.72. The van der Waals surface area contributed by atoms with Crippen LogP contribution in [0.5, 0.6) is 5.75 Å². The van der Waals surface area contributed by atoms with Gasteiger partial charge in [-0.3, -0.25) is 9.59 Å². The van der Waals surface area contributed by atoms with Crippen molar-refractivity contribution in [2.45, 2.75) is 44.0 Å². The van der Waals surface area contributed by atoms with E-state index in [1.165, 1.54) is 10.4 Å². The molecule has 1 fully saturated rings. The maximum Gasteiger partial charge on any atom is 0.251 e. The van der Waals surface area contributed by atoms with Crippen molar-refractivity contribution in [1.82, 2.24) is 9.62 Å². The van der Waals surface area contributed by atoms with Crippen molar-refractivity contribution in [3.8, 4) is 5.75 Å². The first-order valence-electron chi connectivity index (χ1n) is 10.7. The van der Waals surface area contributed by atoms with E-state index < -0.39 is 16.1 Å². The van der Waals surface area contributed by atoms with Crippen molar-refractivity contribution in [3.63, 3.8) is 0 Å². The highest BCUT2D eigenvalue weighted by Crippen LogP contribution is 2.31. The molecule has 1 unspecified atom stereocenters. The minimum absolute atomic E-state index is 0.0417. The number of hydrogen-bond acceptors (Lipinski definition) is 5. The van der Waals surface area contributed by atoms with E-state index in [-0.39, 0.29) is 28.9 Å². The first-order valence-corrected chi connectivity index (χ1v) is 12.2. The molecule has 3 rings (SSSR count). The summed E-state index contributed by atoms with van der Waals surface area (Å²) >= 11 is 0. The zero-order valence-electron chi connectivity index (χ0n) is 18.3. The molecule has 2 aromatic carbocycles. The fourth-order valence-corrected chi connectivity index (χ4v) is 5.24. The molecule has 32 heavy (non-hydrogen) atoms. The van der Waals surface area contributed by atoms with Gasteiger partial charge in [0.05, 0.1) is 6.61 Å². The lowest BCUT2D eigenvalue weighted by atomic mass is 10.1. The molecule has 0 saturated carbocycles. The Bertz CT molecular complexity index is 1050. The summed E-state index contributed by atoms with van der Waals surface area (Å²) in [5.41, 5.74) is 0.876. The van der Waals surface area contributed by atoms with E-state index in [0.29, 0.717) is 30.9 Å². The number of hydrogen-bond donors (Lipinski definition) is 2. The molecule has 9 heteroatoms. The average molecular weight is 460 g/mol. The van der Waals surface area contributed by atoms with Crippen LogP contribution in [0, 0.1) is 0 Å². The molecule has 172 valence electrons. The van der Waals surface area contributed by atoms with Crippen LogP contribution >= 0.6 is 0 Å². The Morgan fingerprint density at radius 3 is 2.44 bits per heavy atom. The van der Waals surface area contributed by atoms with Crippen LogP contribution in [0.15, 0.2) is 53.4 Å². The van der Waals surface area contributed by atoms with Crippen LogP contribution in [0.2, 0.25) is 0 Å². The number of carbonyl (C=O) groups is 2. The Kier molecular flexibility index (Phi) is 7.87. The topological polar surface area (TPSA) is 105 Å². The van der Waals surface area contributed by atoms with Gasteiger partial charge in [-0.1, -0.05) is 18.2 Å². The van der Waals surface area contributed by atoms with Crippen LogP contribution < -0.4 is 15.4 Å². The molecular weight excluding hydrogens is 430 g/mol. The SMILES string of the molecule is CCOc1ccc(NC(=O)CC(C)NC(=O)c2ccccc2)cc1S(=O)(=O)N1CCCC1. The summed E-state index contributed by atoms with van der Waals surface area (Å²) in [5.74, 6) is -0.327. The Balaban J connectivity index is 1.68. The number of amides is 2. The molecule has 1 heterocycles. The number of ether oxygens (including phenoxy) is 1. The van der Waals surface area contributed by atoms with Crippen molar-refractivity contribution >= 4 is 27.5 Å².